The van der Waals surface area contributed by atoms with E-state index in [-0.39, 0.29) is 31.2 Å². The van der Waals surface area contributed by atoms with Crippen molar-refractivity contribution >= 4 is 17.5 Å². The lowest BCUT2D eigenvalue weighted by atomic mass is 9.80. The van der Waals surface area contributed by atoms with Gasteiger partial charge in [-0.15, -0.1) is 0 Å². The first-order chi connectivity index (χ1) is 24.5. The van der Waals surface area contributed by atoms with Gasteiger partial charge in [-0.1, -0.05) is 70.9 Å². The highest BCUT2D eigenvalue weighted by Gasteiger charge is 2.54. The number of hydrogen-bond acceptors (Lipinski definition) is 9. The number of nitrogens with one attached hydrogen (secondary N) is 2. The Morgan fingerprint density at radius 3 is 2.52 bits per heavy atom. The number of amides is 1. The number of carbonyl (C=O) groups is 1. The van der Waals surface area contributed by atoms with E-state index >= 15 is 0 Å². The Morgan fingerprint density at radius 1 is 0.980 bits per heavy atom. The van der Waals surface area contributed by atoms with Crippen molar-refractivity contribution in [3.8, 4) is 11.5 Å². The average Bonchev–Trinajstić information content (AvgIpc) is 3.54. The number of nitrogens with zero attached hydrogens (tertiary/aromatic N) is 7. The van der Waals surface area contributed by atoms with Crippen molar-refractivity contribution in [2.75, 3.05) is 26.9 Å². The van der Waals surface area contributed by atoms with Gasteiger partial charge in [0.2, 0.25) is 5.90 Å². The van der Waals surface area contributed by atoms with E-state index in [2.05, 4.69) is 30.9 Å². The first-order valence-electron chi connectivity index (χ1n) is 16.0. The standard InChI is InChI=1S/C36H37N9O5/c1-48-30-11-6-8-25(22-30)18-19-39-43-35(47)36(23-27-9-2-3-10-28(27)24-40-44-37)33(31-12-4-5-13-32(31)42-45-38)50-34(41-36)26-14-16-29(17-15-26)49-21-7-20-46/h2-6,8-17,22,33,39,46H,7,18-21,23-24H2,1H3,(H,43,47)/t33-,36-/m0/s1. The van der Waals surface area contributed by atoms with Gasteiger partial charge in [0, 0.05) is 52.6 Å². The minimum Gasteiger partial charge on any atom is -0.497 e. The Bertz CT molecular complexity index is 1910. The van der Waals surface area contributed by atoms with E-state index < -0.39 is 17.6 Å². The van der Waals surface area contributed by atoms with Crippen molar-refractivity contribution < 1.29 is 24.1 Å². The van der Waals surface area contributed by atoms with Crippen LogP contribution in [-0.4, -0.2) is 49.3 Å². The monoisotopic (exact) mass is 675 g/mol. The molecule has 0 bridgehead atoms. The molecule has 3 N–H and O–H groups in total. The number of benzene rings is 4. The molecule has 0 saturated carbocycles. The highest BCUT2D eigenvalue weighted by molar-refractivity contribution is 6.01. The summed E-state index contributed by atoms with van der Waals surface area (Å²) in [5.41, 5.74) is 26.6. The van der Waals surface area contributed by atoms with Gasteiger partial charge in [0.05, 0.1) is 20.3 Å². The lowest BCUT2D eigenvalue weighted by Gasteiger charge is -2.32. The minimum atomic E-state index is -1.62. The highest BCUT2D eigenvalue weighted by Crippen LogP contribution is 2.45. The molecular formula is C36H37N9O5. The van der Waals surface area contributed by atoms with E-state index in [0.29, 0.717) is 42.9 Å². The zero-order chi connectivity index (χ0) is 35.2. The maximum Gasteiger partial charge on any atom is 0.266 e. The smallest absolute Gasteiger partial charge is 0.266 e. The van der Waals surface area contributed by atoms with E-state index in [4.69, 9.17) is 29.8 Å². The van der Waals surface area contributed by atoms with Crippen LogP contribution in [0.2, 0.25) is 0 Å². The molecule has 0 spiro atoms. The van der Waals surface area contributed by atoms with Gasteiger partial charge in [-0.2, -0.15) is 0 Å². The van der Waals surface area contributed by atoms with Crippen LogP contribution in [0.3, 0.4) is 0 Å². The molecule has 50 heavy (non-hydrogen) atoms. The van der Waals surface area contributed by atoms with Crippen LogP contribution in [0.15, 0.2) is 112 Å². The summed E-state index contributed by atoms with van der Waals surface area (Å²) in [6.07, 6.45) is 0.109. The van der Waals surface area contributed by atoms with Crippen LogP contribution in [0.4, 0.5) is 5.69 Å². The first kappa shape index (κ1) is 35.3. The van der Waals surface area contributed by atoms with Gasteiger partial charge < -0.3 is 19.3 Å². The van der Waals surface area contributed by atoms with Crippen molar-refractivity contribution in [3.05, 3.63) is 146 Å². The Hall–Kier alpha value is -6.04. The molecule has 4 aromatic carbocycles. The molecule has 1 heterocycles. The molecule has 4 aromatic rings. The summed E-state index contributed by atoms with van der Waals surface area (Å²) in [5.74, 6) is 1.05. The third-order valence-corrected chi connectivity index (χ3v) is 8.16. The summed E-state index contributed by atoms with van der Waals surface area (Å²) in [6, 6.07) is 29.0. The number of hydrogen-bond donors (Lipinski definition) is 3. The van der Waals surface area contributed by atoms with Crippen LogP contribution in [0.25, 0.3) is 20.9 Å². The lowest BCUT2D eigenvalue weighted by molar-refractivity contribution is -0.130. The number of rotatable bonds is 17. The number of ether oxygens (including phenoxy) is 3. The van der Waals surface area contributed by atoms with Crippen LogP contribution in [0.1, 0.15) is 40.3 Å². The summed E-state index contributed by atoms with van der Waals surface area (Å²) in [6.45, 7) is 0.846. The van der Waals surface area contributed by atoms with Gasteiger partial charge in [-0.25, -0.2) is 10.4 Å². The number of hydrazine groups is 1. The molecule has 0 unspecified atom stereocenters. The van der Waals surface area contributed by atoms with Gasteiger partial charge >= 0.3 is 0 Å². The molecule has 1 aliphatic rings. The Kier molecular flexibility index (Phi) is 12.3. The van der Waals surface area contributed by atoms with Crippen LogP contribution >= 0.6 is 0 Å². The van der Waals surface area contributed by atoms with Crippen LogP contribution in [-0.2, 0) is 28.9 Å². The molecule has 14 heteroatoms. The molecule has 2 atom stereocenters. The topological polar surface area (TPSA) is 199 Å². The van der Waals surface area contributed by atoms with E-state index in [1.54, 1.807) is 55.6 Å². The van der Waals surface area contributed by atoms with Gasteiger partial charge in [0.15, 0.2) is 11.6 Å². The molecule has 0 aliphatic carbocycles. The summed E-state index contributed by atoms with van der Waals surface area (Å²) < 4.78 is 17.6. The van der Waals surface area contributed by atoms with E-state index in [1.807, 2.05) is 48.5 Å². The van der Waals surface area contributed by atoms with E-state index in [1.165, 1.54) is 0 Å². The van der Waals surface area contributed by atoms with Crippen molar-refractivity contribution in [2.45, 2.75) is 37.5 Å². The molecule has 5 rings (SSSR count). The second kappa shape index (κ2) is 17.4. The normalized spacial score (nSPS) is 16.3. The largest absolute Gasteiger partial charge is 0.497 e. The fourth-order valence-corrected chi connectivity index (χ4v) is 5.68. The summed E-state index contributed by atoms with van der Waals surface area (Å²) in [4.78, 5) is 25.6. The van der Waals surface area contributed by atoms with E-state index in [9.17, 15) is 10.3 Å². The lowest BCUT2D eigenvalue weighted by Crippen LogP contribution is -2.54. The Balaban J connectivity index is 1.56. The number of aliphatic hydroxyl groups excluding tert-OH is 1. The molecular weight excluding hydrogens is 638 g/mol. The van der Waals surface area contributed by atoms with Crippen molar-refractivity contribution in [1.82, 2.24) is 10.9 Å². The molecule has 0 saturated heterocycles. The number of methoxy groups -OCH3 is 1. The maximum atomic E-state index is 14.6. The van der Waals surface area contributed by atoms with Gasteiger partial charge in [0.1, 0.15) is 11.5 Å². The predicted octanol–water partition coefficient (Wildman–Crippen LogP) is 6.57. The second-order valence-electron chi connectivity index (χ2n) is 11.4. The highest BCUT2D eigenvalue weighted by atomic mass is 16.5. The first-order valence-corrected chi connectivity index (χ1v) is 16.0. The number of aliphatic imine (C=N–C) groups is 1. The van der Waals surface area contributed by atoms with Crippen molar-refractivity contribution in [2.24, 2.45) is 15.2 Å². The fourth-order valence-electron chi connectivity index (χ4n) is 5.68. The zero-order valence-corrected chi connectivity index (χ0v) is 27.5. The summed E-state index contributed by atoms with van der Waals surface area (Å²) in [7, 11) is 1.61. The van der Waals surface area contributed by atoms with Gasteiger partial charge in [-0.05, 0) is 70.6 Å². The predicted molar refractivity (Wildman–Crippen MR) is 188 cm³/mol. The molecule has 1 amide bonds. The van der Waals surface area contributed by atoms with Crippen LogP contribution in [0, 0.1) is 0 Å². The third-order valence-electron chi connectivity index (χ3n) is 8.16. The van der Waals surface area contributed by atoms with Crippen molar-refractivity contribution in [1.29, 1.82) is 0 Å². The second-order valence-corrected chi connectivity index (χ2v) is 11.4. The average molecular weight is 676 g/mol. The number of aliphatic hydroxyl groups is 1. The number of azide groups is 2. The molecule has 256 valence electrons. The zero-order valence-electron chi connectivity index (χ0n) is 27.5. The molecule has 0 fully saturated rings. The van der Waals surface area contributed by atoms with Gasteiger partial charge in [-0.3, -0.25) is 10.2 Å². The van der Waals surface area contributed by atoms with Crippen molar-refractivity contribution in [3.63, 3.8) is 0 Å². The minimum absolute atomic E-state index is 0.0213. The third kappa shape index (κ3) is 8.51. The Labute approximate surface area is 289 Å². The maximum absolute atomic E-state index is 14.6. The van der Waals surface area contributed by atoms with Crippen LogP contribution in [0.5, 0.6) is 11.5 Å². The van der Waals surface area contributed by atoms with E-state index in [0.717, 1.165) is 22.4 Å². The molecule has 1 aliphatic heterocycles. The molecule has 0 aromatic heterocycles. The fraction of sp³-hybridized carbons (Fsp3) is 0.278. The van der Waals surface area contributed by atoms with Crippen LogP contribution < -0.4 is 20.3 Å². The molecule has 0 radical (unpaired) electrons. The summed E-state index contributed by atoms with van der Waals surface area (Å²) >= 11 is 0. The Morgan fingerprint density at radius 2 is 1.76 bits per heavy atom. The van der Waals surface area contributed by atoms with Gasteiger partial charge in [0.25, 0.3) is 5.91 Å². The SMILES string of the molecule is COc1cccc(CCNNC(=O)[C@@]2(Cc3ccccc3CN=[N+]=[N-])N=C(c3ccc(OCCCO)cc3)O[C@H]2c2ccccc2N=[N+]=[N-])c1. The number of carbonyl (C=O) groups excluding carboxylic acids is 1. The molecule has 14 nitrogen and oxygen atoms in total. The summed E-state index contributed by atoms with van der Waals surface area (Å²) in [5, 5.41) is 16.8. The quantitative estimate of drug-likeness (QED) is 0.0371.